The number of methoxy groups -OCH3 is 1. The molecule has 0 heterocycles. The number of hydrogen-bond donors (Lipinski definition) is 2. The molecule has 0 bridgehead atoms. The van der Waals surface area contributed by atoms with Crippen LogP contribution in [-0.2, 0) is 9.53 Å². The lowest BCUT2D eigenvalue weighted by atomic mass is 10.3. The molecule has 0 aromatic heterocycles. The van der Waals surface area contributed by atoms with E-state index in [1.165, 1.54) is 6.07 Å². The molecule has 17 heavy (non-hydrogen) atoms. The van der Waals surface area contributed by atoms with E-state index in [9.17, 15) is 9.18 Å². The van der Waals surface area contributed by atoms with E-state index in [1.807, 2.05) is 0 Å². The van der Waals surface area contributed by atoms with Gasteiger partial charge in [-0.05, 0) is 28.1 Å². The predicted octanol–water partition coefficient (Wildman–Crippen LogP) is 1.76. The second-order valence-electron chi connectivity index (χ2n) is 3.31. The van der Waals surface area contributed by atoms with Crippen LogP contribution in [0.1, 0.15) is 0 Å². The van der Waals surface area contributed by atoms with Gasteiger partial charge in [-0.3, -0.25) is 4.79 Å². The smallest absolute Gasteiger partial charge is 0.238 e. The average molecular weight is 305 g/mol. The third-order valence-electron chi connectivity index (χ3n) is 2.00. The van der Waals surface area contributed by atoms with Crippen LogP contribution in [0.25, 0.3) is 0 Å². The van der Waals surface area contributed by atoms with Gasteiger partial charge in [0.15, 0.2) is 0 Å². The molecule has 0 spiro atoms. The van der Waals surface area contributed by atoms with E-state index < -0.39 is 5.82 Å². The Morgan fingerprint density at radius 3 is 2.94 bits per heavy atom. The van der Waals surface area contributed by atoms with Crippen LogP contribution < -0.4 is 10.6 Å². The fraction of sp³-hybridized carbons (Fsp3) is 0.364. The standard InChI is InChI=1S/C11H14BrFN2O2/c1-17-6-5-14-7-10(16)15-11-8(12)3-2-4-9(11)13/h2-4,14H,5-7H2,1H3,(H,15,16). The highest BCUT2D eigenvalue weighted by Crippen LogP contribution is 2.24. The van der Waals surface area contributed by atoms with Crippen molar-refractivity contribution in [2.75, 3.05) is 32.1 Å². The molecule has 94 valence electrons. The monoisotopic (exact) mass is 304 g/mol. The number of carbonyl (C=O) groups is 1. The summed E-state index contributed by atoms with van der Waals surface area (Å²) in [5, 5.41) is 5.36. The fourth-order valence-corrected chi connectivity index (χ4v) is 1.62. The molecule has 0 unspecified atom stereocenters. The summed E-state index contributed by atoms with van der Waals surface area (Å²) in [4.78, 5) is 11.5. The molecule has 4 nitrogen and oxygen atoms in total. The first kappa shape index (κ1) is 14.1. The highest BCUT2D eigenvalue weighted by molar-refractivity contribution is 9.10. The molecule has 0 atom stereocenters. The van der Waals surface area contributed by atoms with Crippen molar-refractivity contribution in [3.8, 4) is 0 Å². The summed E-state index contributed by atoms with van der Waals surface area (Å²) in [7, 11) is 1.58. The fourth-order valence-electron chi connectivity index (χ4n) is 1.18. The molecule has 0 radical (unpaired) electrons. The lowest BCUT2D eigenvalue weighted by Gasteiger charge is -2.09. The van der Waals surface area contributed by atoms with E-state index in [0.29, 0.717) is 17.6 Å². The number of nitrogens with one attached hydrogen (secondary N) is 2. The second-order valence-corrected chi connectivity index (χ2v) is 4.17. The Balaban J connectivity index is 2.45. The Morgan fingerprint density at radius 1 is 1.53 bits per heavy atom. The quantitative estimate of drug-likeness (QED) is 0.788. The number of rotatable bonds is 6. The number of benzene rings is 1. The van der Waals surface area contributed by atoms with Crippen molar-refractivity contribution in [3.63, 3.8) is 0 Å². The summed E-state index contributed by atoms with van der Waals surface area (Å²) in [6, 6.07) is 4.52. The summed E-state index contributed by atoms with van der Waals surface area (Å²) in [6.45, 7) is 1.21. The van der Waals surface area contributed by atoms with Gasteiger partial charge in [0.05, 0.1) is 18.8 Å². The molecule has 1 amide bonds. The molecule has 0 aliphatic rings. The van der Waals surface area contributed by atoms with E-state index >= 15 is 0 Å². The molecule has 1 aromatic carbocycles. The summed E-state index contributed by atoms with van der Waals surface area (Å²) in [6.07, 6.45) is 0. The SMILES string of the molecule is COCCNCC(=O)Nc1c(F)cccc1Br. The van der Waals surface area contributed by atoms with Gasteiger partial charge in [0.25, 0.3) is 0 Å². The summed E-state index contributed by atoms with van der Waals surface area (Å²) in [5.74, 6) is -0.767. The van der Waals surface area contributed by atoms with Gasteiger partial charge in [0.1, 0.15) is 5.82 Å². The Morgan fingerprint density at radius 2 is 2.29 bits per heavy atom. The van der Waals surface area contributed by atoms with Crippen LogP contribution in [0.5, 0.6) is 0 Å². The summed E-state index contributed by atoms with van der Waals surface area (Å²) < 4.78 is 18.7. The normalized spacial score (nSPS) is 10.3. The number of ether oxygens (including phenoxy) is 1. The molecular formula is C11H14BrFN2O2. The van der Waals surface area contributed by atoms with Gasteiger partial charge in [-0.2, -0.15) is 0 Å². The minimum atomic E-state index is -0.468. The highest BCUT2D eigenvalue weighted by Gasteiger charge is 2.09. The Hall–Kier alpha value is -0.980. The zero-order valence-corrected chi connectivity index (χ0v) is 11.0. The first-order valence-electron chi connectivity index (χ1n) is 5.08. The predicted molar refractivity (Wildman–Crippen MR) is 67.5 cm³/mol. The molecular weight excluding hydrogens is 291 g/mol. The second kappa shape index (κ2) is 7.37. The van der Waals surface area contributed by atoms with Crippen molar-refractivity contribution in [1.82, 2.24) is 5.32 Å². The van der Waals surface area contributed by atoms with Crippen LogP contribution in [0.15, 0.2) is 22.7 Å². The van der Waals surface area contributed by atoms with Crippen LogP contribution in [-0.4, -0.2) is 32.7 Å². The number of hydrogen-bond acceptors (Lipinski definition) is 3. The zero-order valence-electron chi connectivity index (χ0n) is 9.43. The van der Waals surface area contributed by atoms with Crippen molar-refractivity contribution in [2.45, 2.75) is 0 Å². The Labute approximate surface area is 108 Å². The number of para-hydroxylation sites is 1. The molecule has 0 aliphatic heterocycles. The summed E-state index contributed by atoms with van der Waals surface area (Å²) >= 11 is 3.17. The number of carbonyl (C=O) groups excluding carboxylic acids is 1. The average Bonchev–Trinajstić information content (AvgIpc) is 2.30. The van der Waals surface area contributed by atoms with Crippen LogP contribution in [0.2, 0.25) is 0 Å². The third kappa shape index (κ3) is 4.80. The van der Waals surface area contributed by atoms with E-state index in [0.717, 1.165) is 0 Å². The van der Waals surface area contributed by atoms with Crippen LogP contribution >= 0.6 is 15.9 Å². The molecule has 0 saturated heterocycles. The molecule has 1 rings (SSSR count). The van der Waals surface area contributed by atoms with Gasteiger partial charge in [0, 0.05) is 18.1 Å². The van der Waals surface area contributed by atoms with Gasteiger partial charge in [-0.1, -0.05) is 6.07 Å². The van der Waals surface area contributed by atoms with Gasteiger partial charge in [0.2, 0.25) is 5.91 Å². The van der Waals surface area contributed by atoms with Gasteiger partial charge in [-0.25, -0.2) is 4.39 Å². The van der Waals surface area contributed by atoms with Gasteiger partial charge < -0.3 is 15.4 Å². The lowest BCUT2D eigenvalue weighted by molar-refractivity contribution is -0.115. The summed E-state index contributed by atoms with van der Waals surface area (Å²) in [5.41, 5.74) is 0.158. The molecule has 0 saturated carbocycles. The van der Waals surface area contributed by atoms with Crippen LogP contribution in [0.3, 0.4) is 0 Å². The highest BCUT2D eigenvalue weighted by atomic mass is 79.9. The van der Waals surface area contributed by atoms with E-state index in [2.05, 4.69) is 26.6 Å². The first-order chi connectivity index (χ1) is 8.15. The minimum absolute atomic E-state index is 0.115. The maximum atomic E-state index is 13.4. The maximum absolute atomic E-state index is 13.4. The number of anilines is 1. The van der Waals surface area contributed by atoms with Gasteiger partial charge in [-0.15, -0.1) is 0 Å². The zero-order chi connectivity index (χ0) is 12.7. The minimum Gasteiger partial charge on any atom is -0.383 e. The first-order valence-corrected chi connectivity index (χ1v) is 5.88. The van der Waals surface area contributed by atoms with Crippen molar-refractivity contribution < 1.29 is 13.9 Å². The molecule has 2 N–H and O–H groups in total. The Kier molecular flexibility index (Phi) is 6.10. The molecule has 6 heteroatoms. The molecule has 1 aromatic rings. The van der Waals surface area contributed by atoms with Crippen LogP contribution in [0, 0.1) is 5.82 Å². The van der Waals surface area contributed by atoms with Crippen molar-refractivity contribution >= 4 is 27.5 Å². The maximum Gasteiger partial charge on any atom is 0.238 e. The largest absolute Gasteiger partial charge is 0.383 e. The Bertz CT molecular complexity index is 367. The van der Waals surface area contributed by atoms with Crippen LogP contribution in [0.4, 0.5) is 10.1 Å². The van der Waals surface area contributed by atoms with Crippen molar-refractivity contribution in [3.05, 3.63) is 28.5 Å². The van der Waals surface area contributed by atoms with E-state index in [-0.39, 0.29) is 18.1 Å². The van der Waals surface area contributed by atoms with E-state index in [1.54, 1.807) is 19.2 Å². The topological polar surface area (TPSA) is 50.4 Å². The molecule has 0 aliphatic carbocycles. The van der Waals surface area contributed by atoms with Crippen molar-refractivity contribution in [1.29, 1.82) is 0 Å². The van der Waals surface area contributed by atoms with Gasteiger partial charge >= 0.3 is 0 Å². The van der Waals surface area contributed by atoms with Crippen molar-refractivity contribution in [2.24, 2.45) is 0 Å². The lowest BCUT2D eigenvalue weighted by Crippen LogP contribution is -2.30. The molecule has 0 fully saturated rings. The number of halogens is 2. The van der Waals surface area contributed by atoms with E-state index in [4.69, 9.17) is 4.74 Å². The third-order valence-corrected chi connectivity index (χ3v) is 2.66. The number of amides is 1.